The molecule has 4 aliphatic carbocycles. The summed E-state index contributed by atoms with van der Waals surface area (Å²) in [5.41, 5.74) is -0.937. The van der Waals surface area contributed by atoms with Crippen LogP contribution in [-0.4, -0.2) is 16.9 Å². The highest BCUT2D eigenvalue weighted by Crippen LogP contribution is 2.63. The van der Waals surface area contributed by atoms with Crippen molar-refractivity contribution >= 4 is 11.8 Å². The molecule has 1 N–H and O–H groups in total. The number of carbonyl (C=O) groups excluding carboxylic acids is 1. The normalized spacial score (nSPS) is 51.7. The Morgan fingerprint density at radius 1 is 1.38 bits per heavy atom. The number of aliphatic carboxylic acids is 1. The van der Waals surface area contributed by atoms with Crippen LogP contribution in [0.3, 0.4) is 0 Å². The molecule has 0 spiro atoms. The third-order valence-corrected chi connectivity index (χ3v) is 4.30. The average molecular weight is 180 g/mol. The molecule has 4 saturated carbocycles. The molecule has 3 heteroatoms. The van der Waals surface area contributed by atoms with E-state index in [-0.39, 0.29) is 17.6 Å². The van der Waals surface area contributed by atoms with Crippen molar-refractivity contribution < 1.29 is 14.7 Å². The van der Waals surface area contributed by atoms with Gasteiger partial charge in [0, 0.05) is 5.92 Å². The topological polar surface area (TPSA) is 54.4 Å². The van der Waals surface area contributed by atoms with Crippen molar-refractivity contribution in [3.8, 4) is 0 Å². The molecular formula is C10H12O3. The highest BCUT2D eigenvalue weighted by molar-refractivity contribution is 6.07. The molecule has 0 heterocycles. The second-order valence-corrected chi connectivity index (χ2v) is 4.81. The summed E-state index contributed by atoms with van der Waals surface area (Å²) < 4.78 is 0. The molecule has 0 amide bonds. The lowest BCUT2D eigenvalue weighted by molar-refractivity contribution is -0.156. The van der Waals surface area contributed by atoms with Crippen molar-refractivity contribution in [2.45, 2.75) is 25.7 Å². The smallest absolute Gasteiger partial charge is 0.317 e. The van der Waals surface area contributed by atoms with Gasteiger partial charge in [-0.1, -0.05) is 0 Å². The first-order valence-electron chi connectivity index (χ1n) is 4.92. The first-order valence-corrected chi connectivity index (χ1v) is 4.92. The quantitative estimate of drug-likeness (QED) is 0.614. The molecule has 13 heavy (non-hydrogen) atoms. The molecule has 70 valence electrons. The molecule has 4 atom stereocenters. The molecule has 4 rings (SSSR count). The molecule has 0 radical (unpaired) electrons. The molecular weight excluding hydrogens is 168 g/mol. The van der Waals surface area contributed by atoms with Crippen molar-refractivity contribution in [2.75, 3.05) is 0 Å². The fourth-order valence-corrected chi connectivity index (χ4v) is 3.88. The van der Waals surface area contributed by atoms with Gasteiger partial charge in [0.15, 0.2) is 5.78 Å². The monoisotopic (exact) mass is 180 g/mol. The number of hydrogen-bond donors (Lipinski definition) is 1. The lowest BCUT2D eigenvalue weighted by atomic mass is 9.74. The van der Waals surface area contributed by atoms with Crippen molar-refractivity contribution in [1.29, 1.82) is 0 Å². The lowest BCUT2D eigenvalue weighted by Crippen LogP contribution is -2.40. The van der Waals surface area contributed by atoms with Crippen LogP contribution in [0.1, 0.15) is 25.7 Å². The minimum absolute atomic E-state index is 0.0405. The van der Waals surface area contributed by atoms with Crippen LogP contribution in [0.25, 0.3) is 0 Å². The molecule has 0 aliphatic heterocycles. The summed E-state index contributed by atoms with van der Waals surface area (Å²) in [5, 5.41) is 9.16. The molecule has 4 bridgehead atoms. The maximum atomic E-state index is 11.8. The summed E-state index contributed by atoms with van der Waals surface area (Å²) in [6, 6.07) is 0. The van der Waals surface area contributed by atoms with E-state index in [1.807, 2.05) is 0 Å². The summed E-state index contributed by atoms with van der Waals surface area (Å²) in [5.74, 6) is -0.0293. The van der Waals surface area contributed by atoms with Gasteiger partial charge in [0.05, 0.1) is 0 Å². The van der Waals surface area contributed by atoms with E-state index in [0.717, 1.165) is 19.3 Å². The standard InChI is InChI=1S/C10H12O3/c11-8-6-1-5-2-7(3-6)10(8,4-5)9(12)13/h5-7H,1-4H2,(H,12,13). The fraction of sp³-hybridized carbons (Fsp3) is 0.800. The SMILES string of the molecule is O=C(O)C12CC3CC(CC1C3)C2=O. The fourth-order valence-electron chi connectivity index (χ4n) is 3.88. The molecule has 4 aliphatic rings. The van der Waals surface area contributed by atoms with E-state index in [1.54, 1.807) is 0 Å². The highest BCUT2D eigenvalue weighted by atomic mass is 16.4. The van der Waals surface area contributed by atoms with E-state index >= 15 is 0 Å². The average Bonchev–Trinajstić information content (AvgIpc) is 2.44. The third kappa shape index (κ3) is 0.640. The van der Waals surface area contributed by atoms with Gasteiger partial charge in [0.25, 0.3) is 0 Å². The van der Waals surface area contributed by atoms with Crippen molar-refractivity contribution in [1.82, 2.24) is 0 Å². The van der Waals surface area contributed by atoms with Gasteiger partial charge in [-0.15, -0.1) is 0 Å². The predicted octanol–water partition coefficient (Wildman–Crippen LogP) is 1.08. The Labute approximate surface area is 76.1 Å². The number of rotatable bonds is 1. The van der Waals surface area contributed by atoms with Gasteiger partial charge in [-0.25, -0.2) is 0 Å². The maximum absolute atomic E-state index is 11.8. The van der Waals surface area contributed by atoms with Gasteiger partial charge in [0.1, 0.15) is 5.41 Å². The second kappa shape index (κ2) is 1.97. The van der Waals surface area contributed by atoms with Gasteiger partial charge in [0.2, 0.25) is 0 Å². The Morgan fingerprint density at radius 2 is 2.15 bits per heavy atom. The summed E-state index contributed by atoms with van der Waals surface area (Å²) in [6.45, 7) is 0. The third-order valence-electron chi connectivity index (χ3n) is 4.30. The molecule has 0 aromatic rings. The number of carbonyl (C=O) groups is 2. The van der Waals surface area contributed by atoms with Crippen LogP contribution in [0, 0.1) is 23.2 Å². The minimum Gasteiger partial charge on any atom is -0.480 e. The maximum Gasteiger partial charge on any atom is 0.317 e. The molecule has 4 unspecified atom stereocenters. The number of Topliss-reactive ketones (excluding diaryl/α,β-unsaturated/α-hetero) is 1. The van der Waals surface area contributed by atoms with Crippen LogP contribution in [0.2, 0.25) is 0 Å². The number of hydrogen-bond acceptors (Lipinski definition) is 2. The van der Waals surface area contributed by atoms with Crippen LogP contribution in [0.15, 0.2) is 0 Å². The molecule has 0 aromatic carbocycles. The van der Waals surface area contributed by atoms with Gasteiger partial charge in [-0.2, -0.15) is 0 Å². The van der Waals surface area contributed by atoms with Crippen LogP contribution < -0.4 is 0 Å². The van der Waals surface area contributed by atoms with Crippen LogP contribution in [-0.2, 0) is 9.59 Å². The number of ketones is 1. The van der Waals surface area contributed by atoms with E-state index in [1.165, 1.54) is 0 Å². The van der Waals surface area contributed by atoms with Crippen LogP contribution in [0.4, 0.5) is 0 Å². The predicted molar refractivity (Wildman–Crippen MR) is 44.0 cm³/mol. The summed E-state index contributed by atoms with van der Waals surface area (Å²) >= 11 is 0. The van der Waals surface area contributed by atoms with E-state index in [2.05, 4.69) is 0 Å². The second-order valence-electron chi connectivity index (χ2n) is 4.81. The first kappa shape index (κ1) is 7.54. The Kier molecular flexibility index (Phi) is 1.14. The van der Waals surface area contributed by atoms with Gasteiger partial charge in [-0.05, 0) is 37.5 Å². The van der Waals surface area contributed by atoms with Gasteiger partial charge >= 0.3 is 5.97 Å². The zero-order chi connectivity index (χ0) is 9.22. The van der Waals surface area contributed by atoms with E-state index in [4.69, 9.17) is 5.11 Å². The van der Waals surface area contributed by atoms with Crippen LogP contribution >= 0.6 is 0 Å². The summed E-state index contributed by atoms with van der Waals surface area (Å²) in [4.78, 5) is 23.0. The molecule has 3 nitrogen and oxygen atoms in total. The Morgan fingerprint density at radius 3 is 2.77 bits per heavy atom. The zero-order valence-corrected chi connectivity index (χ0v) is 7.32. The van der Waals surface area contributed by atoms with Crippen molar-refractivity contribution in [2.24, 2.45) is 23.2 Å². The minimum atomic E-state index is -0.937. The first-order chi connectivity index (χ1) is 6.14. The molecule has 0 aromatic heterocycles. The Bertz CT molecular complexity index is 309. The Hall–Kier alpha value is -0.860. The Balaban J connectivity index is 2.13. The van der Waals surface area contributed by atoms with E-state index in [0.29, 0.717) is 12.3 Å². The lowest BCUT2D eigenvalue weighted by Gasteiger charge is -2.27. The van der Waals surface area contributed by atoms with E-state index < -0.39 is 11.4 Å². The van der Waals surface area contributed by atoms with Crippen LogP contribution in [0.5, 0.6) is 0 Å². The highest BCUT2D eigenvalue weighted by Gasteiger charge is 2.67. The van der Waals surface area contributed by atoms with Gasteiger partial charge < -0.3 is 5.11 Å². The molecule has 4 fully saturated rings. The largest absolute Gasteiger partial charge is 0.480 e. The van der Waals surface area contributed by atoms with E-state index in [9.17, 15) is 9.59 Å². The van der Waals surface area contributed by atoms with Gasteiger partial charge in [-0.3, -0.25) is 9.59 Å². The number of carboxylic acids is 1. The number of carboxylic acid groups (broad SMARTS) is 1. The molecule has 0 saturated heterocycles. The summed E-state index contributed by atoms with van der Waals surface area (Å²) in [7, 11) is 0. The zero-order valence-electron chi connectivity index (χ0n) is 7.32. The van der Waals surface area contributed by atoms with Crippen molar-refractivity contribution in [3.63, 3.8) is 0 Å². The van der Waals surface area contributed by atoms with Crippen molar-refractivity contribution in [3.05, 3.63) is 0 Å². The summed E-state index contributed by atoms with van der Waals surface area (Å²) in [6.07, 6.45) is 3.42.